The maximum absolute atomic E-state index is 11.4. The predicted molar refractivity (Wildman–Crippen MR) is 171 cm³/mol. The summed E-state index contributed by atoms with van der Waals surface area (Å²) >= 11 is 0. The van der Waals surface area contributed by atoms with Crippen molar-refractivity contribution >= 4 is 12.4 Å². The molecule has 41 heavy (non-hydrogen) atoms. The zero-order valence-electron chi connectivity index (χ0n) is 27.6. The first-order chi connectivity index (χ1) is 18.2. The number of hydrogen-bond acceptors (Lipinski definition) is 3. The Labute approximate surface area is 260 Å². The second-order valence-electron chi connectivity index (χ2n) is 15.9. The van der Waals surface area contributed by atoms with Crippen molar-refractivity contribution in [1.82, 2.24) is 0 Å². The van der Waals surface area contributed by atoms with Crippen LogP contribution in [0.25, 0.3) is 0 Å². The summed E-state index contributed by atoms with van der Waals surface area (Å²) in [6.45, 7) is 26.1. The predicted octanol–water partition coefficient (Wildman–Crippen LogP) is 7.22. The van der Waals surface area contributed by atoms with Crippen molar-refractivity contribution < 1.29 is 32.0 Å². The fourth-order valence-electron chi connectivity index (χ4n) is 6.06. The van der Waals surface area contributed by atoms with E-state index < -0.39 is 0 Å². The molecule has 1 aliphatic carbocycles. The second kappa shape index (κ2) is 12.6. The van der Waals surface area contributed by atoms with Crippen LogP contribution in [0.4, 0.5) is 0 Å². The number of phenolic OH excluding ortho intramolecular Hbond substituents is 2. The normalized spacial score (nSPS) is 19.1. The monoisotopic (exact) mass is 606 g/mol. The molecule has 0 amide bonds. The third kappa shape index (κ3) is 8.25. The van der Waals surface area contributed by atoms with Gasteiger partial charge in [0.2, 0.25) is 0 Å². The average Bonchev–Trinajstić information content (AvgIpc) is 2.79. The van der Waals surface area contributed by atoms with Crippen LogP contribution in [0.15, 0.2) is 29.3 Å². The molecule has 1 aliphatic rings. The number of aromatic hydroxyl groups is 2. The van der Waals surface area contributed by atoms with E-state index in [4.69, 9.17) is 4.99 Å². The molecule has 229 valence electrons. The van der Waals surface area contributed by atoms with Crippen LogP contribution < -0.4 is 4.99 Å². The van der Waals surface area contributed by atoms with Gasteiger partial charge in [0.25, 0.3) is 0 Å². The first-order valence-electron chi connectivity index (χ1n) is 15.1. The summed E-state index contributed by atoms with van der Waals surface area (Å²) in [5.74, 6) is 0.705. The Bertz CT molecular complexity index is 1170. The molecular weight excluding hydrogens is 551 g/mol. The molecule has 0 unspecified atom stereocenters. The minimum absolute atomic E-state index is 0. The van der Waals surface area contributed by atoms with Crippen molar-refractivity contribution in [1.29, 1.82) is 0 Å². The second-order valence-corrected chi connectivity index (χ2v) is 15.9. The number of aliphatic imine (C=N–C) groups is 1. The van der Waals surface area contributed by atoms with E-state index in [0.29, 0.717) is 11.5 Å². The van der Waals surface area contributed by atoms with Gasteiger partial charge in [-0.05, 0) is 57.8 Å². The first kappa shape index (κ1) is 35.1. The summed E-state index contributed by atoms with van der Waals surface area (Å²) in [5, 5.41) is 22.8. The maximum Gasteiger partial charge on any atom is 0.173 e. The largest absolute Gasteiger partial charge is 0.507 e. The first-order valence-corrected chi connectivity index (χ1v) is 15.1. The van der Waals surface area contributed by atoms with E-state index in [1.807, 2.05) is 24.6 Å². The molecule has 0 aromatic heterocycles. The molecule has 0 bridgehead atoms. The molecule has 1 fully saturated rings. The summed E-state index contributed by atoms with van der Waals surface area (Å²) in [6, 6.07) is 8.63. The van der Waals surface area contributed by atoms with Gasteiger partial charge >= 0.3 is 0 Å². The van der Waals surface area contributed by atoms with Crippen LogP contribution >= 0.6 is 0 Å². The summed E-state index contributed by atoms with van der Waals surface area (Å²) in [6.07, 6.45) is 8.16. The van der Waals surface area contributed by atoms with E-state index in [0.717, 1.165) is 47.9 Å². The SMILES string of the molecule is CC(C)(C)c1ccc(C=N[C@@H]2CCCC[C@H]2[NH+]=Cc2ccc(C(C)(C)C)c(C(C)(C)C)c2O)c(O)c1C(C)(C)C.[Co]. The Morgan fingerprint density at radius 3 is 1.56 bits per heavy atom. The van der Waals surface area contributed by atoms with Crippen molar-refractivity contribution in [2.75, 3.05) is 0 Å². The number of nitrogens with zero attached hydrogens (tertiary/aromatic N) is 1. The minimum atomic E-state index is -0.184. The van der Waals surface area contributed by atoms with Crippen molar-refractivity contribution in [3.8, 4) is 11.5 Å². The van der Waals surface area contributed by atoms with Crippen molar-refractivity contribution in [3.63, 3.8) is 0 Å². The van der Waals surface area contributed by atoms with Gasteiger partial charge in [-0.3, -0.25) is 4.99 Å². The summed E-state index contributed by atoms with van der Waals surface area (Å²) in [4.78, 5) is 8.64. The molecule has 2 atom stereocenters. The Morgan fingerprint density at radius 1 is 0.659 bits per heavy atom. The zero-order chi connectivity index (χ0) is 30.3. The molecule has 4 nitrogen and oxygen atoms in total. The van der Waals surface area contributed by atoms with E-state index >= 15 is 0 Å². The van der Waals surface area contributed by atoms with Gasteiger partial charge < -0.3 is 10.2 Å². The van der Waals surface area contributed by atoms with Crippen LogP contribution in [0, 0.1) is 0 Å². The van der Waals surface area contributed by atoms with Crippen molar-refractivity contribution in [3.05, 3.63) is 57.6 Å². The molecule has 0 saturated heterocycles. The quantitative estimate of drug-likeness (QED) is 0.322. The number of rotatable bonds is 4. The molecule has 5 heteroatoms. The summed E-state index contributed by atoms with van der Waals surface area (Å²) < 4.78 is 0. The molecule has 0 heterocycles. The molecular formula is C36H55CoN2O2+. The van der Waals surface area contributed by atoms with E-state index in [-0.39, 0.29) is 50.5 Å². The molecule has 0 aliphatic heterocycles. The van der Waals surface area contributed by atoms with Crippen LogP contribution in [-0.4, -0.2) is 34.7 Å². The van der Waals surface area contributed by atoms with Crippen LogP contribution in [0.1, 0.15) is 142 Å². The van der Waals surface area contributed by atoms with Crippen LogP contribution in [0.2, 0.25) is 0 Å². The number of hydrogen-bond donors (Lipinski definition) is 3. The van der Waals surface area contributed by atoms with Gasteiger partial charge in [0.1, 0.15) is 17.5 Å². The van der Waals surface area contributed by atoms with Gasteiger partial charge in [0.05, 0.1) is 5.56 Å². The van der Waals surface area contributed by atoms with Crippen molar-refractivity contribution in [2.45, 2.75) is 143 Å². The Morgan fingerprint density at radius 2 is 1.10 bits per heavy atom. The van der Waals surface area contributed by atoms with E-state index in [2.05, 4.69) is 100 Å². The minimum Gasteiger partial charge on any atom is -0.507 e. The van der Waals surface area contributed by atoms with E-state index in [1.54, 1.807) is 0 Å². The Hall–Kier alpha value is -2.11. The van der Waals surface area contributed by atoms with E-state index in [1.165, 1.54) is 11.1 Å². The van der Waals surface area contributed by atoms with Crippen molar-refractivity contribution in [2.24, 2.45) is 4.99 Å². The number of phenols is 2. The van der Waals surface area contributed by atoms with E-state index in [9.17, 15) is 10.2 Å². The summed E-state index contributed by atoms with van der Waals surface area (Å²) in [5.41, 5.74) is 5.48. The Balaban J connectivity index is 0.00000588. The molecule has 3 rings (SSSR count). The van der Waals surface area contributed by atoms with Gasteiger partial charge in [0, 0.05) is 46.1 Å². The summed E-state index contributed by atoms with van der Waals surface area (Å²) in [7, 11) is 0. The molecule has 2 aromatic rings. The smallest absolute Gasteiger partial charge is 0.173 e. The maximum atomic E-state index is 11.4. The third-order valence-corrected chi connectivity index (χ3v) is 8.12. The molecule has 2 aromatic carbocycles. The van der Waals surface area contributed by atoms with Crippen LogP contribution in [0.3, 0.4) is 0 Å². The molecule has 3 N–H and O–H groups in total. The molecule has 0 spiro atoms. The van der Waals surface area contributed by atoms with Crippen LogP contribution in [0.5, 0.6) is 11.5 Å². The fourth-order valence-corrected chi connectivity index (χ4v) is 6.06. The van der Waals surface area contributed by atoms with Gasteiger partial charge in [-0.15, -0.1) is 0 Å². The zero-order valence-corrected chi connectivity index (χ0v) is 28.7. The average molecular weight is 607 g/mol. The van der Waals surface area contributed by atoms with Gasteiger partial charge in [0.15, 0.2) is 12.3 Å². The number of benzene rings is 2. The standard InChI is InChI=1S/C36H54N2O2.Co/c1-33(2,3)25-19-17-23(31(39)29(25)35(7,8)9)21-37-27-15-13-14-16-28(27)38-22-24-18-20-26(34(4,5)6)30(32(24)40)36(10,11)12;/h17-22,27-28,39-40H,13-16H2,1-12H3;/p+1/t27-,28-;/m1./s1. The van der Waals surface area contributed by atoms with Gasteiger partial charge in [-0.25, -0.2) is 4.99 Å². The number of nitrogens with one attached hydrogen (secondary N) is 1. The third-order valence-electron chi connectivity index (χ3n) is 8.12. The topological polar surface area (TPSA) is 66.8 Å². The van der Waals surface area contributed by atoms with Gasteiger partial charge in [-0.2, -0.15) is 0 Å². The molecule has 1 radical (unpaired) electrons. The van der Waals surface area contributed by atoms with Crippen LogP contribution in [-0.2, 0) is 38.4 Å². The fraction of sp³-hybridized carbons (Fsp3) is 0.611. The molecule has 1 saturated carbocycles. The Kier molecular flexibility index (Phi) is 10.8. The van der Waals surface area contributed by atoms with Gasteiger partial charge in [-0.1, -0.05) is 102 Å².